The van der Waals surface area contributed by atoms with Gasteiger partial charge in [-0.05, 0) is 37.8 Å². The maximum Gasteiger partial charge on any atom is 0.309 e. The number of aryl methyl sites for hydroxylation is 1. The zero-order valence-electron chi connectivity index (χ0n) is 18.3. The SMILES string of the molecule is CCOC(=O)C1CCN(C(=O)CN(C)C(=O)CCc2cccc(OC)c2OC)CC1. The number of amides is 2. The fourth-order valence-electron chi connectivity index (χ4n) is 3.60. The third-order valence-corrected chi connectivity index (χ3v) is 5.36. The zero-order chi connectivity index (χ0) is 22.1. The van der Waals surface area contributed by atoms with Gasteiger partial charge >= 0.3 is 5.97 Å². The molecule has 1 aromatic rings. The molecule has 0 saturated carbocycles. The Hall–Kier alpha value is -2.77. The molecule has 1 aromatic carbocycles. The summed E-state index contributed by atoms with van der Waals surface area (Å²) in [5.74, 6) is 0.686. The molecule has 0 radical (unpaired) electrons. The van der Waals surface area contributed by atoms with Crippen molar-refractivity contribution in [1.82, 2.24) is 9.80 Å². The van der Waals surface area contributed by atoms with E-state index in [9.17, 15) is 14.4 Å². The first kappa shape index (κ1) is 23.5. The normalized spacial score (nSPS) is 14.2. The van der Waals surface area contributed by atoms with Crippen molar-refractivity contribution >= 4 is 17.8 Å². The van der Waals surface area contributed by atoms with Gasteiger partial charge in [0.25, 0.3) is 0 Å². The van der Waals surface area contributed by atoms with E-state index in [-0.39, 0.29) is 36.7 Å². The van der Waals surface area contributed by atoms with Gasteiger partial charge in [-0.3, -0.25) is 14.4 Å². The van der Waals surface area contributed by atoms with Gasteiger partial charge in [-0.1, -0.05) is 12.1 Å². The lowest BCUT2D eigenvalue weighted by atomic mass is 9.97. The number of carbonyl (C=O) groups excluding carboxylic acids is 3. The quantitative estimate of drug-likeness (QED) is 0.567. The first-order chi connectivity index (χ1) is 14.4. The number of esters is 1. The Balaban J connectivity index is 1.82. The van der Waals surface area contributed by atoms with Crippen molar-refractivity contribution in [2.45, 2.75) is 32.6 Å². The second-order valence-corrected chi connectivity index (χ2v) is 7.31. The van der Waals surface area contributed by atoms with Crippen LogP contribution in [0, 0.1) is 5.92 Å². The molecule has 1 saturated heterocycles. The second kappa shape index (κ2) is 11.4. The summed E-state index contributed by atoms with van der Waals surface area (Å²) in [6.07, 6.45) is 1.94. The fourth-order valence-corrected chi connectivity index (χ4v) is 3.60. The highest BCUT2D eigenvalue weighted by Crippen LogP contribution is 2.31. The van der Waals surface area contributed by atoms with E-state index in [4.69, 9.17) is 14.2 Å². The highest BCUT2D eigenvalue weighted by Gasteiger charge is 2.29. The van der Waals surface area contributed by atoms with Crippen LogP contribution in [-0.2, 0) is 25.5 Å². The van der Waals surface area contributed by atoms with Crippen LogP contribution in [0.3, 0.4) is 0 Å². The topological polar surface area (TPSA) is 85.4 Å². The van der Waals surface area contributed by atoms with Crippen LogP contribution in [0.2, 0.25) is 0 Å². The van der Waals surface area contributed by atoms with Gasteiger partial charge in [0.15, 0.2) is 11.5 Å². The van der Waals surface area contributed by atoms with Gasteiger partial charge in [-0.25, -0.2) is 0 Å². The monoisotopic (exact) mass is 420 g/mol. The van der Waals surface area contributed by atoms with Crippen LogP contribution in [-0.4, -0.2) is 75.1 Å². The number of hydrogen-bond acceptors (Lipinski definition) is 6. The third-order valence-electron chi connectivity index (χ3n) is 5.36. The molecule has 1 aliphatic rings. The Morgan fingerprint density at radius 1 is 1.13 bits per heavy atom. The van der Waals surface area contributed by atoms with Gasteiger partial charge in [0, 0.05) is 26.6 Å². The number of hydrogen-bond donors (Lipinski definition) is 0. The predicted molar refractivity (Wildman–Crippen MR) is 111 cm³/mol. The highest BCUT2D eigenvalue weighted by molar-refractivity contribution is 5.85. The molecular formula is C22H32N2O6. The highest BCUT2D eigenvalue weighted by atomic mass is 16.5. The molecular weight excluding hydrogens is 388 g/mol. The van der Waals surface area contributed by atoms with E-state index in [1.165, 1.54) is 4.90 Å². The van der Waals surface area contributed by atoms with Crippen molar-refractivity contribution in [2.24, 2.45) is 5.92 Å². The van der Waals surface area contributed by atoms with Gasteiger partial charge in [0.1, 0.15) is 0 Å². The molecule has 0 unspecified atom stereocenters. The van der Waals surface area contributed by atoms with Gasteiger partial charge in [-0.2, -0.15) is 0 Å². The zero-order valence-corrected chi connectivity index (χ0v) is 18.3. The van der Waals surface area contributed by atoms with E-state index in [1.807, 2.05) is 12.1 Å². The summed E-state index contributed by atoms with van der Waals surface area (Å²) >= 11 is 0. The second-order valence-electron chi connectivity index (χ2n) is 7.31. The number of likely N-dealkylation sites (tertiary alicyclic amines) is 1. The molecule has 1 heterocycles. The van der Waals surface area contributed by atoms with Crippen LogP contribution in [0.15, 0.2) is 18.2 Å². The summed E-state index contributed by atoms with van der Waals surface area (Å²) in [7, 11) is 4.77. The molecule has 1 fully saturated rings. The lowest BCUT2D eigenvalue weighted by Crippen LogP contribution is -2.45. The minimum Gasteiger partial charge on any atom is -0.493 e. The van der Waals surface area contributed by atoms with E-state index in [2.05, 4.69) is 0 Å². The molecule has 30 heavy (non-hydrogen) atoms. The summed E-state index contributed by atoms with van der Waals surface area (Å²) in [4.78, 5) is 40.1. The molecule has 2 amide bonds. The van der Waals surface area contributed by atoms with Crippen LogP contribution >= 0.6 is 0 Å². The van der Waals surface area contributed by atoms with Crippen molar-refractivity contribution in [3.8, 4) is 11.5 Å². The molecule has 8 nitrogen and oxygen atoms in total. The average molecular weight is 421 g/mol. The lowest BCUT2D eigenvalue weighted by molar-refractivity contribution is -0.151. The summed E-state index contributed by atoms with van der Waals surface area (Å²) in [6.45, 7) is 3.19. The molecule has 8 heteroatoms. The van der Waals surface area contributed by atoms with Crippen molar-refractivity contribution in [2.75, 3.05) is 47.5 Å². The summed E-state index contributed by atoms with van der Waals surface area (Å²) < 4.78 is 15.7. The van der Waals surface area contributed by atoms with Crippen LogP contribution in [0.4, 0.5) is 0 Å². The summed E-state index contributed by atoms with van der Waals surface area (Å²) in [5.41, 5.74) is 0.881. The molecule has 0 spiro atoms. The first-order valence-electron chi connectivity index (χ1n) is 10.3. The van der Waals surface area contributed by atoms with Crippen LogP contribution < -0.4 is 9.47 Å². The van der Waals surface area contributed by atoms with Crippen molar-refractivity contribution in [3.05, 3.63) is 23.8 Å². The number of likely N-dealkylation sites (N-methyl/N-ethyl adjacent to an activating group) is 1. The van der Waals surface area contributed by atoms with Gasteiger partial charge in [0.2, 0.25) is 11.8 Å². The molecule has 2 rings (SSSR count). The molecule has 0 aliphatic carbocycles. The van der Waals surface area contributed by atoms with E-state index < -0.39 is 0 Å². The number of nitrogens with zero attached hydrogens (tertiary/aromatic N) is 2. The Labute approximate surface area is 178 Å². The van der Waals surface area contributed by atoms with Crippen molar-refractivity contribution in [1.29, 1.82) is 0 Å². The number of carbonyl (C=O) groups is 3. The Kier molecular flexibility index (Phi) is 8.95. The molecule has 0 aromatic heterocycles. The van der Waals surface area contributed by atoms with Gasteiger partial charge in [0.05, 0.1) is 33.3 Å². The number of rotatable bonds is 9. The fraction of sp³-hybridized carbons (Fsp3) is 0.591. The molecule has 166 valence electrons. The molecule has 1 aliphatic heterocycles. The Morgan fingerprint density at radius 3 is 2.43 bits per heavy atom. The number of para-hydroxylation sites is 1. The molecule has 0 atom stereocenters. The molecule has 0 N–H and O–H groups in total. The minimum atomic E-state index is -0.190. The maximum atomic E-state index is 12.6. The smallest absolute Gasteiger partial charge is 0.309 e. The largest absolute Gasteiger partial charge is 0.493 e. The lowest BCUT2D eigenvalue weighted by Gasteiger charge is -2.32. The summed E-state index contributed by atoms with van der Waals surface area (Å²) in [5, 5.41) is 0. The average Bonchev–Trinajstić information content (AvgIpc) is 2.77. The predicted octanol–water partition coefficient (Wildman–Crippen LogP) is 1.90. The van der Waals surface area contributed by atoms with E-state index in [1.54, 1.807) is 39.2 Å². The number of ether oxygens (including phenoxy) is 3. The first-order valence-corrected chi connectivity index (χ1v) is 10.3. The van der Waals surface area contributed by atoms with E-state index in [0.717, 1.165) is 5.56 Å². The van der Waals surface area contributed by atoms with Crippen LogP contribution in [0.5, 0.6) is 11.5 Å². The third kappa shape index (κ3) is 6.11. The molecule has 0 bridgehead atoms. The minimum absolute atomic E-state index is 0.0259. The van der Waals surface area contributed by atoms with Crippen LogP contribution in [0.1, 0.15) is 31.7 Å². The number of methoxy groups -OCH3 is 2. The Morgan fingerprint density at radius 2 is 1.83 bits per heavy atom. The van der Waals surface area contributed by atoms with Gasteiger partial charge < -0.3 is 24.0 Å². The Bertz CT molecular complexity index is 743. The standard InChI is InChI=1S/C22H32N2O6/c1-5-30-22(27)17-11-13-24(14-12-17)20(26)15-23(2)19(25)10-9-16-7-6-8-18(28-3)21(16)29-4/h6-8,17H,5,9-15H2,1-4H3. The van der Waals surface area contributed by atoms with Crippen molar-refractivity contribution < 1.29 is 28.6 Å². The number of benzene rings is 1. The maximum absolute atomic E-state index is 12.6. The summed E-state index contributed by atoms with van der Waals surface area (Å²) in [6, 6.07) is 5.56. The van der Waals surface area contributed by atoms with Crippen LogP contribution in [0.25, 0.3) is 0 Å². The van der Waals surface area contributed by atoms with Crippen molar-refractivity contribution in [3.63, 3.8) is 0 Å². The number of piperidine rings is 1. The van der Waals surface area contributed by atoms with E-state index in [0.29, 0.717) is 50.5 Å². The van der Waals surface area contributed by atoms with Gasteiger partial charge in [-0.15, -0.1) is 0 Å². The van der Waals surface area contributed by atoms with E-state index >= 15 is 0 Å².